The highest BCUT2D eigenvalue weighted by molar-refractivity contribution is 6.36. The number of phenols is 1. The summed E-state index contributed by atoms with van der Waals surface area (Å²) < 4.78 is 37.1. The van der Waals surface area contributed by atoms with Crippen molar-refractivity contribution in [3.63, 3.8) is 0 Å². The minimum Gasteiger partial charge on any atom is -0.506 e. The lowest BCUT2D eigenvalue weighted by Gasteiger charge is -2.06. The van der Waals surface area contributed by atoms with Gasteiger partial charge < -0.3 is 5.11 Å². The Bertz CT molecular complexity index is 703. The van der Waals surface area contributed by atoms with Gasteiger partial charge in [-0.15, -0.1) is 0 Å². The molecule has 0 bridgehead atoms. The van der Waals surface area contributed by atoms with Crippen LogP contribution in [0.1, 0.15) is 11.1 Å². The van der Waals surface area contributed by atoms with Crippen LogP contribution in [0.2, 0.25) is 10.0 Å². The van der Waals surface area contributed by atoms with Crippen molar-refractivity contribution >= 4 is 35.2 Å². The lowest BCUT2D eigenvalue weighted by atomic mass is 10.2. The molecule has 2 N–H and O–H groups in total. The maximum absolute atomic E-state index is 12.4. The van der Waals surface area contributed by atoms with E-state index in [0.717, 1.165) is 12.1 Å². The predicted molar refractivity (Wildman–Crippen MR) is 78.6 cm³/mol. The van der Waals surface area contributed by atoms with Crippen molar-refractivity contribution in [2.24, 2.45) is 5.10 Å². The Morgan fingerprint density at radius 1 is 1.23 bits per heavy atom. The number of rotatable bonds is 3. The SMILES string of the molecule is Oc1c(Cl)cc(Cl)cc1/C=N\Nc1ccc(C(F)(F)F)cn1. The number of pyridine rings is 1. The average Bonchev–Trinajstić information content (AvgIpc) is 2.43. The molecule has 2 rings (SSSR count). The largest absolute Gasteiger partial charge is 0.506 e. The summed E-state index contributed by atoms with van der Waals surface area (Å²) in [6.45, 7) is 0. The normalized spacial score (nSPS) is 11.9. The van der Waals surface area contributed by atoms with Crippen LogP contribution in [0.3, 0.4) is 0 Å². The number of nitrogens with one attached hydrogen (secondary N) is 1. The van der Waals surface area contributed by atoms with Crippen molar-refractivity contribution in [2.45, 2.75) is 6.18 Å². The number of aromatic nitrogens is 1. The second-order valence-corrected chi connectivity index (χ2v) is 4.97. The Kier molecular flexibility index (Phi) is 4.77. The number of hydrogen-bond acceptors (Lipinski definition) is 4. The molecule has 1 heterocycles. The molecule has 0 aliphatic carbocycles. The van der Waals surface area contributed by atoms with Gasteiger partial charge in [-0.3, -0.25) is 5.43 Å². The molecule has 9 heteroatoms. The lowest BCUT2D eigenvalue weighted by molar-refractivity contribution is -0.137. The summed E-state index contributed by atoms with van der Waals surface area (Å²) in [7, 11) is 0. The van der Waals surface area contributed by atoms with Crippen LogP contribution in [0.5, 0.6) is 5.75 Å². The van der Waals surface area contributed by atoms with Gasteiger partial charge in [-0.1, -0.05) is 23.2 Å². The molecular formula is C13H8Cl2F3N3O. The van der Waals surface area contributed by atoms with E-state index in [9.17, 15) is 18.3 Å². The molecule has 116 valence electrons. The van der Waals surface area contributed by atoms with Gasteiger partial charge in [-0.2, -0.15) is 18.3 Å². The Labute approximate surface area is 133 Å². The molecule has 0 aliphatic rings. The molecule has 1 aromatic carbocycles. The second-order valence-electron chi connectivity index (χ2n) is 4.13. The van der Waals surface area contributed by atoms with E-state index in [1.165, 1.54) is 18.3 Å². The van der Waals surface area contributed by atoms with Crippen molar-refractivity contribution in [2.75, 3.05) is 5.43 Å². The van der Waals surface area contributed by atoms with E-state index in [1.807, 2.05) is 0 Å². The highest BCUT2D eigenvalue weighted by Crippen LogP contribution is 2.30. The van der Waals surface area contributed by atoms with Crippen LogP contribution < -0.4 is 5.43 Å². The monoisotopic (exact) mass is 349 g/mol. The molecule has 1 aromatic heterocycles. The van der Waals surface area contributed by atoms with E-state index in [4.69, 9.17) is 23.2 Å². The molecule has 0 aliphatic heterocycles. The smallest absolute Gasteiger partial charge is 0.417 e. The zero-order valence-corrected chi connectivity index (χ0v) is 12.2. The Balaban J connectivity index is 2.10. The molecular weight excluding hydrogens is 342 g/mol. The number of hydrogen-bond donors (Lipinski definition) is 2. The van der Waals surface area contributed by atoms with E-state index in [-0.39, 0.29) is 22.2 Å². The minimum atomic E-state index is -4.45. The molecule has 0 saturated heterocycles. The first-order valence-corrected chi connectivity index (χ1v) is 6.53. The van der Waals surface area contributed by atoms with Crippen LogP contribution in [0.15, 0.2) is 35.6 Å². The van der Waals surface area contributed by atoms with Gasteiger partial charge in [0.05, 0.1) is 16.8 Å². The van der Waals surface area contributed by atoms with Gasteiger partial charge in [-0.25, -0.2) is 4.98 Å². The standard InChI is InChI=1S/C13H8Cl2F3N3O/c14-9-3-7(12(22)10(15)4-9)5-20-21-11-2-1-8(6-19-11)13(16,17)18/h1-6,22H,(H,19,21)/b20-5-. The summed E-state index contributed by atoms with van der Waals surface area (Å²) in [4.78, 5) is 3.57. The highest BCUT2D eigenvalue weighted by atomic mass is 35.5. The fourth-order valence-electron chi connectivity index (χ4n) is 1.48. The molecule has 0 fully saturated rings. The quantitative estimate of drug-likeness (QED) is 0.630. The van der Waals surface area contributed by atoms with Gasteiger partial charge in [0, 0.05) is 16.8 Å². The van der Waals surface area contributed by atoms with Crippen molar-refractivity contribution in [3.8, 4) is 5.75 Å². The zero-order chi connectivity index (χ0) is 16.3. The topological polar surface area (TPSA) is 57.5 Å². The fraction of sp³-hybridized carbons (Fsp3) is 0.0769. The number of anilines is 1. The third-order valence-electron chi connectivity index (χ3n) is 2.53. The zero-order valence-electron chi connectivity index (χ0n) is 10.7. The summed E-state index contributed by atoms with van der Waals surface area (Å²) in [5.74, 6) is -0.103. The Morgan fingerprint density at radius 2 is 1.95 bits per heavy atom. The molecule has 22 heavy (non-hydrogen) atoms. The first-order valence-electron chi connectivity index (χ1n) is 5.77. The maximum atomic E-state index is 12.4. The average molecular weight is 350 g/mol. The van der Waals surface area contributed by atoms with Gasteiger partial charge in [-0.05, 0) is 24.3 Å². The highest BCUT2D eigenvalue weighted by Gasteiger charge is 2.30. The summed E-state index contributed by atoms with van der Waals surface area (Å²) in [5.41, 5.74) is 1.82. The molecule has 0 amide bonds. The van der Waals surface area contributed by atoms with Crippen molar-refractivity contribution < 1.29 is 18.3 Å². The lowest BCUT2D eigenvalue weighted by Crippen LogP contribution is -2.05. The number of halogens is 5. The summed E-state index contributed by atoms with van der Waals surface area (Å²) in [5, 5.41) is 13.8. The third kappa shape index (κ3) is 4.02. The van der Waals surface area contributed by atoms with Crippen LogP contribution in [0.4, 0.5) is 19.0 Å². The van der Waals surface area contributed by atoms with Crippen LogP contribution in [-0.4, -0.2) is 16.3 Å². The first kappa shape index (κ1) is 16.4. The Morgan fingerprint density at radius 3 is 2.55 bits per heavy atom. The molecule has 4 nitrogen and oxygen atoms in total. The fourth-order valence-corrected chi connectivity index (χ4v) is 1.99. The van der Waals surface area contributed by atoms with Crippen LogP contribution in [-0.2, 0) is 6.18 Å². The number of alkyl halides is 3. The maximum Gasteiger partial charge on any atom is 0.417 e. The van der Waals surface area contributed by atoms with Crippen molar-refractivity contribution in [1.82, 2.24) is 4.98 Å². The van der Waals surface area contributed by atoms with Gasteiger partial charge in [0.1, 0.15) is 11.6 Å². The van der Waals surface area contributed by atoms with Crippen LogP contribution in [0, 0.1) is 0 Å². The first-order chi connectivity index (χ1) is 10.3. The van der Waals surface area contributed by atoms with Gasteiger partial charge >= 0.3 is 6.18 Å². The van der Waals surface area contributed by atoms with E-state index in [1.54, 1.807) is 0 Å². The molecule has 0 spiro atoms. The van der Waals surface area contributed by atoms with Gasteiger partial charge in [0.25, 0.3) is 0 Å². The summed E-state index contributed by atoms with van der Waals surface area (Å²) >= 11 is 11.5. The number of aromatic hydroxyl groups is 1. The molecule has 0 radical (unpaired) electrons. The van der Waals surface area contributed by atoms with E-state index >= 15 is 0 Å². The molecule has 0 saturated carbocycles. The molecule has 2 aromatic rings. The molecule has 0 atom stereocenters. The van der Waals surface area contributed by atoms with Gasteiger partial charge in [0.2, 0.25) is 0 Å². The number of phenolic OH excluding ortho intramolecular Hbond substituents is 1. The van der Waals surface area contributed by atoms with E-state index < -0.39 is 11.7 Å². The minimum absolute atomic E-state index is 0.0570. The summed E-state index contributed by atoms with van der Waals surface area (Å²) in [6.07, 6.45) is -2.55. The third-order valence-corrected chi connectivity index (χ3v) is 3.04. The van der Waals surface area contributed by atoms with Crippen LogP contribution in [0.25, 0.3) is 0 Å². The summed E-state index contributed by atoms with van der Waals surface area (Å²) in [6, 6.07) is 4.79. The number of nitrogens with zero attached hydrogens (tertiary/aromatic N) is 2. The molecule has 0 unspecified atom stereocenters. The second kappa shape index (κ2) is 6.41. The number of hydrazone groups is 1. The Hall–Kier alpha value is -1.99. The van der Waals surface area contributed by atoms with Crippen LogP contribution >= 0.6 is 23.2 Å². The van der Waals surface area contributed by atoms with E-state index in [2.05, 4.69) is 15.5 Å². The van der Waals surface area contributed by atoms with Crippen molar-refractivity contribution in [3.05, 3.63) is 51.6 Å². The van der Waals surface area contributed by atoms with Gasteiger partial charge in [0.15, 0.2) is 0 Å². The van der Waals surface area contributed by atoms with E-state index in [0.29, 0.717) is 11.2 Å². The predicted octanol–water partition coefficient (Wildman–Crippen LogP) is 4.56. The van der Waals surface area contributed by atoms with Crippen molar-refractivity contribution in [1.29, 1.82) is 0 Å². The number of benzene rings is 1.